The topological polar surface area (TPSA) is 63.3 Å². The highest BCUT2D eigenvalue weighted by atomic mass is 15.3. The van der Waals surface area contributed by atoms with E-state index in [-0.39, 0.29) is 0 Å². The maximum Gasteiger partial charge on any atom is 0.194 e. The lowest BCUT2D eigenvalue weighted by Crippen LogP contribution is -2.38. The Balaban J connectivity index is 2.19. The standard InChI is InChI=1S/C18H31N7/c1-7-16-15(17(8-2)25(6)22-16)11-20-18(19-9-3)23(4)12-14-10-21-24(5)13-14/h10,13H,7-9,11-12H2,1-6H3,(H,19,20). The minimum atomic E-state index is 0.653. The van der Waals surface area contributed by atoms with Gasteiger partial charge in [-0.15, -0.1) is 0 Å². The summed E-state index contributed by atoms with van der Waals surface area (Å²) in [6, 6.07) is 0. The zero-order chi connectivity index (χ0) is 18.4. The van der Waals surface area contributed by atoms with Crippen molar-refractivity contribution in [1.29, 1.82) is 0 Å². The van der Waals surface area contributed by atoms with Gasteiger partial charge in [0.2, 0.25) is 0 Å². The van der Waals surface area contributed by atoms with Gasteiger partial charge in [-0.05, 0) is 19.8 Å². The van der Waals surface area contributed by atoms with E-state index in [1.807, 2.05) is 35.9 Å². The number of hydrogen-bond donors (Lipinski definition) is 1. The van der Waals surface area contributed by atoms with E-state index in [1.165, 1.54) is 16.8 Å². The Morgan fingerprint density at radius 1 is 1.24 bits per heavy atom. The lowest BCUT2D eigenvalue weighted by molar-refractivity contribution is 0.476. The molecule has 2 rings (SSSR count). The molecule has 1 N–H and O–H groups in total. The summed E-state index contributed by atoms with van der Waals surface area (Å²) in [6.45, 7) is 8.67. The van der Waals surface area contributed by atoms with Crippen molar-refractivity contribution in [1.82, 2.24) is 29.8 Å². The molecule has 0 atom stereocenters. The zero-order valence-corrected chi connectivity index (χ0v) is 16.4. The Bertz CT molecular complexity index is 711. The van der Waals surface area contributed by atoms with Crippen molar-refractivity contribution < 1.29 is 0 Å². The average Bonchev–Trinajstić information content (AvgIpc) is 3.13. The van der Waals surface area contributed by atoms with Crippen molar-refractivity contribution in [3.05, 3.63) is 34.9 Å². The zero-order valence-electron chi connectivity index (χ0n) is 16.4. The summed E-state index contributed by atoms with van der Waals surface area (Å²) in [4.78, 5) is 7.00. The molecular formula is C18H31N7. The molecule has 0 radical (unpaired) electrons. The molecule has 2 heterocycles. The van der Waals surface area contributed by atoms with Crippen LogP contribution in [0.15, 0.2) is 17.4 Å². The molecule has 7 nitrogen and oxygen atoms in total. The van der Waals surface area contributed by atoms with Crippen molar-refractivity contribution in [3.8, 4) is 0 Å². The highest BCUT2D eigenvalue weighted by Gasteiger charge is 2.14. The maximum atomic E-state index is 4.87. The number of hydrogen-bond acceptors (Lipinski definition) is 3. The highest BCUT2D eigenvalue weighted by molar-refractivity contribution is 5.79. The molecule has 0 aromatic carbocycles. The Kier molecular flexibility index (Phi) is 6.61. The lowest BCUT2D eigenvalue weighted by Gasteiger charge is -2.21. The van der Waals surface area contributed by atoms with Crippen molar-refractivity contribution >= 4 is 5.96 Å². The molecule has 2 aromatic rings. The van der Waals surface area contributed by atoms with E-state index >= 15 is 0 Å². The van der Waals surface area contributed by atoms with E-state index in [4.69, 9.17) is 4.99 Å². The number of guanidine groups is 1. The predicted molar refractivity (Wildman–Crippen MR) is 101 cm³/mol. The summed E-state index contributed by atoms with van der Waals surface area (Å²) in [7, 11) is 6.01. The average molecular weight is 345 g/mol. The molecule has 0 saturated heterocycles. The van der Waals surface area contributed by atoms with Gasteiger partial charge in [0.05, 0.1) is 18.4 Å². The second-order valence-corrected chi connectivity index (χ2v) is 6.25. The summed E-state index contributed by atoms with van der Waals surface area (Å²) >= 11 is 0. The highest BCUT2D eigenvalue weighted by Crippen LogP contribution is 2.17. The van der Waals surface area contributed by atoms with Gasteiger partial charge in [0.1, 0.15) is 0 Å². The van der Waals surface area contributed by atoms with E-state index in [2.05, 4.69) is 48.2 Å². The second-order valence-electron chi connectivity index (χ2n) is 6.25. The maximum absolute atomic E-state index is 4.87. The van der Waals surface area contributed by atoms with Gasteiger partial charge in [-0.3, -0.25) is 9.36 Å². The minimum absolute atomic E-state index is 0.653. The van der Waals surface area contributed by atoms with Crippen LogP contribution in [-0.4, -0.2) is 44.0 Å². The number of aliphatic imine (C=N–C) groups is 1. The van der Waals surface area contributed by atoms with Gasteiger partial charge in [0, 0.05) is 57.3 Å². The van der Waals surface area contributed by atoms with Gasteiger partial charge in [0.15, 0.2) is 5.96 Å². The fourth-order valence-corrected chi connectivity index (χ4v) is 3.10. The Morgan fingerprint density at radius 2 is 2.00 bits per heavy atom. The third-order valence-corrected chi connectivity index (χ3v) is 4.29. The van der Waals surface area contributed by atoms with Gasteiger partial charge < -0.3 is 10.2 Å². The number of aryl methyl sites for hydroxylation is 3. The molecule has 0 saturated carbocycles. The van der Waals surface area contributed by atoms with Crippen LogP contribution in [0, 0.1) is 0 Å². The Hall–Kier alpha value is -2.31. The summed E-state index contributed by atoms with van der Waals surface area (Å²) < 4.78 is 3.82. The van der Waals surface area contributed by atoms with E-state index in [1.54, 1.807) is 0 Å². The largest absolute Gasteiger partial charge is 0.357 e. The van der Waals surface area contributed by atoms with Gasteiger partial charge in [-0.1, -0.05) is 13.8 Å². The van der Waals surface area contributed by atoms with Crippen molar-refractivity contribution in [2.75, 3.05) is 13.6 Å². The van der Waals surface area contributed by atoms with Crippen LogP contribution in [0.2, 0.25) is 0 Å². The first-order valence-corrected chi connectivity index (χ1v) is 9.00. The lowest BCUT2D eigenvalue weighted by atomic mass is 10.1. The van der Waals surface area contributed by atoms with Crippen LogP contribution in [0.1, 0.15) is 43.3 Å². The van der Waals surface area contributed by atoms with Crippen LogP contribution >= 0.6 is 0 Å². The minimum Gasteiger partial charge on any atom is -0.357 e. The first-order valence-electron chi connectivity index (χ1n) is 9.00. The fourth-order valence-electron chi connectivity index (χ4n) is 3.10. The monoisotopic (exact) mass is 345 g/mol. The molecule has 0 aliphatic carbocycles. The van der Waals surface area contributed by atoms with E-state index in [9.17, 15) is 0 Å². The first-order chi connectivity index (χ1) is 12.0. The van der Waals surface area contributed by atoms with Gasteiger partial charge in [0.25, 0.3) is 0 Å². The molecular weight excluding hydrogens is 314 g/mol. The second kappa shape index (κ2) is 8.69. The molecule has 0 unspecified atom stereocenters. The molecule has 0 bridgehead atoms. The normalized spacial score (nSPS) is 11.8. The van der Waals surface area contributed by atoms with Gasteiger partial charge in [-0.2, -0.15) is 10.2 Å². The van der Waals surface area contributed by atoms with E-state index in [0.29, 0.717) is 6.54 Å². The molecule has 25 heavy (non-hydrogen) atoms. The van der Waals surface area contributed by atoms with E-state index < -0.39 is 0 Å². The Morgan fingerprint density at radius 3 is 2.56 bits per heavy atom. The molecule has 0 amide bonds. The third kappa shape index (κ3) is 4.61. The molecule has 7 heteroatoms. The summed E-state index contributed by atoms with van der Waals surface area (Å²) in [5, 5.41) is 12.3. The SMILES string of the molecule is CCNC(=NCc1c(CC)nn(C)c1CC)N(C)Cc1cnn(C)c1. The van der Waals surface area contributed by atoms with Crippen molar-refractivity contribution in [2.45, 2.75) is 46.7 Å². The van der Waals surface area contributed by atoms with Gasteiger partial charge >= 0.3 is 0 Å². The van der Waals surface area contributed by atoms with Crippen LogP contribution in [-0.2, 0) is 40.0 Å². The number of aromatic nitrogens is 4. The summed E-state index contributed by atoms with van der Waals surface area (Å²) in [5.41, 5.74) is 4.85. The number of nitrogens with one attached hydrogen (secondary N) is 1. The fraction of sp³-hybridized carbons (Fsp3) is 0.611. The van der Waals surface area contributed by atoms with Crippen LogP contribution in [0.5, 0.6) is 0 Å². The number of nitrogens with zero attached hydrogens (tertiary/aromatic N) is 6. The number of rotatable bonds is 7. The van der Waals surface area contributed by atoms with Crippen molar-refractivity contribution in [2.24, 2.45) is 19.1 Å². The van der Waals surface area contributed by atoms with Crippen LogP contribution in [0.3, 0.4) is 0 Å². The molecule has 138 valence electrons. The predicted octanol–water partition coefficient (Wildman–Crippen LogP) is 1.88. The van der Waals surface area contributed by atoms with Crippen LogP contribution in [0.25, 0.3) is 0 Å². The molecule has 2 aromatic heterocycles. The molecule has 0 aliphatic heterocycles. The smallest absolute Gasteiger partial charge is 0.194 e. The first kappa shape index (κ1) is 19.0. The van der Waals surface area contributed by atoms with Crippen molar-refractivity contribution in [3.63, 3.8) is 0 Å². The molecule has 0 fully saturated rings. The summed E-state index contributed by atoms with van der Waals surface area (Å²) in [6.07, 6.45) is 5.83. The third-order valence-electron chi connectivity index (χ3n) is 4.29. The Labute approximate surface area is 150 Å². The van der Waals surface area contributed by atoms with Crippen LogP contribution in [0.4, 0.5) is 0 Å². The van der Waals surface area contributed by atoms with E-state index in [0.717, 1.165) is 37.6 Å². The summed E-state index contributed by atoms with van der Waals surface area (Å²) in [5.74, 6) is 0.902. The van der Waals surface area contributed by atoms with Gasteiger partial charge in [-0.25, -0.2) is 4.99 Å². The quantitative estimate of drug-likeness (QED) is 0.615. The van der Waals surface area contributed by atoms with Crippen LogP contribution < -0.4 is 5.32 Å². The molecule has 0 aliphatic rings. The molecule has 0 spiro atoms.